The Morgan fingerprint density at radius 3 is 2.93 bits per heavy atom. The number of ether oxygens (including phenoxy) is 1. The molecule has 3 N–H and O–H groups in total. The summed E-state index contributed by atoms with van der Waals surface area (Å²) in [4.78, 5) is 0. The summed E-state index contributed by atoms with van der Waals surface area (Å²) in [7, 11) is 0. The second kappa shape index (κ2) is 6.05. The monoisotopic (exact) mass is 192 g/mol. The maximum Gasteiger partial charge on any atom is 0.149 e. The summed E-state index contributed by atoms with van der Waals surface area (Å²) in [6, 6.07) is 7.75. The van der Waals surface area contributed by atoms with Gasteiger partial charge >= 0.3 is 0 Å². The van der Waals surface area contributed by atoms with Crippen molar-refractivity contribution in [3.05, 3.63) is 37.1 Å². The largest absolute Gasteiger partial charge is 0.463 e. The molecule has 0 spiro atoms. The molecule has 0 radical (unpaired) electrons. The number of rotatable bonds is 6. The standard InChI is InChI=1S/C11H16N2O/c1-2-14-11-7-4-3-6-10(11)13-9-5-8-12/h2-4,6-7,13H,1,5,8-9,12H2. The summed E-state index contributed by atoms with van der Waals surface area (Å²) in [5.74, 6) is 0.791. The van der Waals surface area contributed by atoms with Crippen molar-refractivity contribution < 1.29 is 4.74 Å². The third-order valence-electron chi connectivity index (χ3n) is 1.79. The van der Waals surface area contributed by atoms with E-state index >= 15 is 0 Å². The molecule has 0 aliphatic rings. The molecule has 0 fully saturated rings. The highest BCUT2D eigenvalue weighted by atomic mass is 16.5. The second-order valence-corrected chi connectivity index (χ2v) is 2.85. The summed E-state index contributed by atoms with van der Waals surface area (Å²) in [5, 5.41) is 3.25. The summed E-state index contributed by atoms with van der Waals surface area (Å²) in [5.41, 5.74) is 6.37. The average Bonchev–Trinajstić information content (AvgIpc) is 2.21. The van der Waals surface area contributed by atoms with Crippen molar-refractivity contribution in [1.82, 2.24) is 0 Å². The highest BCUT2D eigenvalue weighted by Gasteiger charge is 1.99. The normalized spacial score (nSPS) is 9.50. The van der Waals surface area contributed by atoms with E-state index in [4.69, 9.17) is 10.5 Å². The van der Waals surface area contributed by atoms with Gasteiger partial charge in [0.2, 0.25) is 0 Å². The van der Waals surface area contributed by atoms with Gasteiger partial charge < -0.3 is 15.8 Å². The van der Waals surface area contributed by atoms with Crippen molar-refractivity contribution in [3.8, 4) is 5.75 Å². The molecule has 3 nitrogen and oxygen atoms in total. The van der Waals surface area contributed by atoms with E-state index in [1.807, 2.05) is 24.3 Å². The Morgan fingerprint density at radius 2 is 2.21 bits per heavy atom. The van der Waals surface area contributed by atoms with E-state index < -0.39 is 0 Å². The second-order valence-electron chi connectivity index (χ2n) is 2.85. The van der Waals surface area contributed by atoms with Crippen LogP contribution in [0.15, 0.2) is 37.1 Å². The number of hydrogen-bond donors (Lipinski definition) is 2. The zero-order valence-electron chi connectivity index (χ0n) is 8.20. The van der Waals surface area contributed by atoms with Crippen molar-refractivity contribution >= 4 is 5.69 Å². The van der Waals surface area contributed by atoms with E-state index in [9.17, 15) is 0 Å². The van der Waals surface area contributed by atoms with Crippen LogP contribution >= 0.6 is 0 Å². The van der Waals surface area contributed by atoms with Crippen LogP contribution in [0.3, 0.4) is 0 Å². The van der Waals surface area contributed by atoms with Crippen LogP contribution in [0.2, 0.25) is 0 Å². The van der Waals surface area contributed by atoms with Crippen LogP contribution in [0.1, 0.15) is 6.42 Å². The molecule has 14 heavy (non-hydrogen) atoms. The molecule has 0 aliphatic heterocycles. The minimum Gasteiger partial charge on any atom is -0.463 e. The fraction of sp³-hybridized carbons (Fsp3) is 0.273. The van der Waals surface area contributed by atoms with Crippen LogP contribution in [-0.4, -0.2) is 13.1 Å². The first-order chi connectivity index (χ1) is 6.88. The van der Waals surface area contributed by atoms with E-state index in [1.54, 1.807) is 0 Å². The Morgan fingerprint density at radius 1 is 1.43 bits per heavy atom. The third kappa shape index (κ3) is 3.11. The number of nitrogens with two attached hydrogens (primary N) is 1. The molecular weight excluding hydrogens is 176 g/mol. The van der Waals surface area contributed by atoms with Crippen LogP contribution in [0.5, 0.6) is 5.75 Å². The zero-order valence-corrected chi connectivity index (χ0v) is 8.20. The Hall–Kier alpha value is -1.48. The third-order valence-corrected chi connectivity index (χ3v) is 1.79. The molecule has 1 rings (SSSR count). The molecule has 0 aromatic heterocycles. The topological polar surface area (TPSA) is 47.3 Å². The smallest absolute Gasteiger partial charge is 0.149 e. The molecule has 0 saturated carbocycles. The SMILES string of the molecule is C=COc1ccccc1NCCCN. The summed E-state index contributed by atoms with van der Waals surface area (Å²) in [6.45, 7) is 5.07. The summed E-state index contributed by atoms with van der Waals surface area (Å²) in [6.07, 6.45) is 2.37. The van der Waals surface area contributed by atoms with E-state index in [2.05, 4.69) is 11.9 Å². The lowest BCUT2D eigenvalue weighted by Gasteiger charge is -2.09. The number of nitrogens with one attached hydrogen (secondary N) is 1. The molecule has 0 unspecified atom stereocenters. The predicted octanol–water partition coefficient (Wildman–Crippen LogP) is 1.97. The predicted molar refractivity (Wildman–Crippen MR) is 59.4 cm³/mol. The highest BCUT2D eigenvalue weighted by molar-refractivity contribution is 5.56. The van der Waals surface area contributed by atoms with Gasteiger partial charge in [0, 0.05) is 6.54 Å². The van der Waals surface area contributed by atoms with Crippen molar-refractivity contribution in [2.24, 2.45) is 5.73 Å². The molecule has 0 aliphatic carbocycles. The molecule has 0 amide bonds. The van der Waals surface area contributed by atoms with Gasteiger partial charge in [-0.3, -0.25) is 0 Å². The fourth-order valence-electron chi connectivity index (χ4n) is 1.13. The lowest BCUT2D eigenvalue weighted by molar-refractivity contribution is 0.485. The molecular formula is C11H16N2O. The average molecular weight is 192 g/mol. The van der Waals surface area contributed by atoms with Gasteiger partial charge in [-0.1, -0.05) is 18.7 Å². The summed E-state index contributed by atoms with van der Waals surface area (Å²) < 4.78 is 5.24. The van der Waals surface area contributed by atoms with Gasteiger partial charge in [0.1, 0.15) is 5.75 Å². The van der Waals surface area contributed by atoms with Crippen molar-refractivity contribution in [2.75, 3.05) is 18.4 Å². The number of para-hydroxylation sites is 2. The van der Waals surface area contributed by atoms with Gasteiger partial charge in [-0.2, -0.15) is 0 Å². The maximum absolute atomic E-state index is 5.40. The van der Waals surface area contributed by atoms with E-state index in [0.29, 0.717) is 6.54 Å². The van der Waals surface area contributed by atoms with Gasteiger partial charge in [0.25, 0.3) is 0 Å². The molecule has 3 heteroatoms. The molecule has 0 heterocycles. The van der Waals surface area contributed by atoms with Gasteiger partial charge in [-0.25, -0.2) is 0 Å². The van der Waals surface area contributed by atoms with Crippen LogP contribution in [-0.2, 0) is 0 Å². The molecule has 1 aromatic rings. The first-order valence-corrected chi connectivity index (χ1v) is 4.69. The summed E-state index contributed by atoms with van der Waals surface area (Å²) >= 11 is 0. The van der Waals surface area contributed by atoms with Crippen LogP contribution < -0.4 is 15.8 Å². The van der Waals surface area contributed by atoms with Gasteiger partial charge in [0.15, 0.2) is 0 Å². The van der Waals surface area contributed by atoms with Crippen molar-refractivity contribution in [1.29, 1.82) is 0 Å². The molecule has 76 valence electrons. The lowest BCUT2D eigenvalue weighted by atomic mass is 10.3. The Bertz CT molecular complexity index is 286. The van der Waals surface area contributed by atoms with Gasteiger partial charge in [-0.15, -0.1) is 0 Å². The van der Waals surface area contributed by atoms with Crippen LogP contribution in [0, 0.1) is 0 Å². The quantitative estimate of drug-likeness (QED) is 0.535. The van der Waals surface area contributed by atoms with E-state index in [-0.39, 0.29) is 0 Å². The highest BCUT2D eigenvalue weighted by Crippen LogP contribution is 2.23. The Labute approximate surface area is 84.6 Å². The lowest BCUT2D eigenvalue weighted by Crippen LogP contribution is -2.08. The molecule has 1 aromatic carbocycles. The van der Waals surface area contributed by atoms with Gasteiger partial charge in [0.05, 0.1) is 11.9 Å². The van der Waals surface area contributed by atoms with Crippen molar-refractivity contribution in [3.63, 3.8) is 0 Å². The minimum atomic E-state index is 0.692. The Kier molecular flexibility index (Phi) is 4.58. The van der Waals surface area contributed by atoms with E-state index in [0.717, 1.165) is 24.4 Å². The molecule has 0 saturated heterocycles. The molecule has 0 bridgehead atoms. The number of anilines is 1. The first kappa shape index (κ1) is 10.6. The maximum atomic E-state index is 5.40. The van der Waals surface area contributed by atoms with Crippen molar-refractivity contribution in [2.45, 2.75) is 6.42 Å². The van der Waals surface area contributed by atoms with E-state index in [1.165, 1.54) is 6.26 Å². The van der Waals surface area contributed by atoms with Crippen LogP contribution in [0.4, 0.5) is 5.69 Å². The minimum absolute atomic E-state index is 0.692. The Balaban J connectivity index is 2.59. The number of benzene rings is 1. The van der Waals surface area contributed by atoms with Crippen LogP contribution in [0.25, 0.3) is 0 Å². The number of hydrogen-bond acceptors (Lipinski definition) is 3. The fourth-order valence-corrected chi connectivity index (χ4v) is 1.13. The first-order valence-electron chi connectivity index (χ1n) is 4.69. The molecule has 0 atom stereocenters. The van der Waals surface area contributed by atoms with Gasteiger partial charge in [-0.05, 0) is 25.1 Å². The zero-order chi connectivity index (χ0) is 10.2.